The van der Waals surface area contributed by atoms with Gasteiger partial charge in [-0.2, -0.15) is 10.2 Å². The first kappa shape index (κ1) is 18.5. The zero-order chi connectivity index (χ0) is 21.4. The van der Waals surface area contributed by atoms with Gasteiger partial charge >= 0.3 is 0 Å². The van der Waals surface area contributed by atoms with Crippen LogP contribution in [-0.4, -0.2) is 24.3 Å². The van der Waals surface area contributed by atoms with Crippen molar-refractivity contribution < 1.29 is 4.52 Å². The number of hydrogen-bond donors (Lipinski definition) is 0. The van der Waals surface area contributed by atoms with Crippen LogP contribution in [0.2, 0.25) is 0 Å². The molecule has 0 N–H and O–H groups in total. The predicted octanol–water partition coefficient (Wildman–Crippen LogP) is 3.47. The molecule has 8 heteroatoms. The molecule has 0 radical (unpaired) electrons. The minimum Gasteiger partial charge on any atom is -0.339 e. The first-order valence-electron chi connectivity index (χ1n) is 9.59. The molecule has 0 saturated heterocycles. The van der Waals surface area contributed by atoms with E-state index < -0.39 is 0 Å². The van der Waals surface area contributed by atoms with E-state index in [4.69, 9.17) is 9.78 Å². The predicted molar refractivity (Wildman–Crippen MR) is 114 cm³/mol. The molecule has 0 fully saturated rings. The highest BCUT2D eigenvalue weighted by Gasteiger charge is 2.12. The molecule has 5 aromatic rings. The number of aromatic nitrogens is 5. The Kier molecular flexibility index (Phi) is 4.41. The Hall–Kier alpha value is -4.51. The minimum atomic E-state index is -0.199. The number of pyridine rings is 1. The van der Waals surface area contributed by atoms with E-state index in [1.54, 1.807) is 49.8 Å². The fourth-order valence-corrected chi connectivity index (χ4v) is 3.55. The van der Waals surface area contributed by atoms with Crippen LogP contribution >= 0.6 is 0 Å². The van der Waals surface area contributed by atoms with Crippen molar-refractivity contribution in [2.75, 3.05) is 0 Å². The number of nitriles is 1. The average molecular weight is 408 g/mol. The van der Waals surface area contributed by atoms with Gasteiger partial charge in [-0.3, -0.25) is 9.36 Å². The molecule has 0 atom stereocenters. The van der Waals surface area contributed by atoms with Crippen LogP contribution in [0.3, 0.4) is 0 Å². The first-order chi connectivity index (χ1) is 15.1. The lowest BCUT2D eigenvalue weighted by molar-refractivity contribution is 0.394. The quantitative estimate of drug-likeness (QED) is 0.451. The molecule has 5 rings (SSSR count). The second-order valence-corrected chi connectivity index (χ2v) is 7.10. The van der Waals surface area contributed by atoms with Gasteiger partial charge in [0.15, 0.2) is 0 Å². The minimum absolute atomic E-state index is 0.199. The summed E-state index contributed by atoms with van der Waals surface area (Å²) in [5, 5.41) is 13.1. The second kappa shape index (κ2) is 7.39. The summed E-state index contributed by atoms with van der Waals surface area (Å²) in [6.07, 6.45) is 3.34. The van der Waals surface area contributed by atoms with Gasteiger partial charge < -0.3 is 9.09 Å². The van der Waals surface area contributed by atoms with Gasteiger partial charge in [-0.25, -0.2) is 4.98 Å². The lowest BCUT2D eigenvalue weighted by atomic mass is 10.1. The van der Waals surface area contributed by atoms with Gasteiger partial charge in [-0.1, -0.05) is 29.4 Å². The zero-order valence-corrected chi connectivity index (χ0v) is 16.6. The molecule has 0 saturated carbocycles. The summed E-state index contributed by atoms with van der Waals surface area (Å²) in [4.78, 5) is 21.9. The Morgan fingerprint density at radius 1 is 1.13 bits per heavy atom. The van der Waals surface area contributed by atoms with E-state index in [9.17, 15) is 4.79 Å². The van der Waals surface area contributed by atoms with Gasteiger partial charge in [0.1, 0.15) is 5.52 Å². The van der Waals surface area contributed by atoms with E-state index >= 15 is 0 Å². The summed E-state index contributed by atoms with van der Waals surface area (Å²) in [5.74, 6) is 1.02. The van der Waals surface area contributed by atoms with E-state index in [1.807, 2.05) is 28.8 Å². The van der Waals surface area contributed by atoms with Crippen molar-refractivity contribution in [2.24, 2.45) is 0 Å². The van der Waals surface area contributed by atoms with Gasteiger partial charge in [-0.05, 0) is 35.9 Å². The van der Waals surface area contributed by atoms with Crippen LogP contribution < -0.4 is 5.56 Å². The van der Waals surface area contributed by atoms with Crippen LogP contribution in [-0.2, 0) is 6.54 Å². The molecule has 0 unspecified atom stereocenters. The molecular formula is C23H16N6O2. The number of benzene rings is 2. The molecule has 150 valence electrons. The molecule has 3 aromatic heterocycles. The second-order valence-electron chi connectivity index (χ2n) is 7.10. The third-order valence-electron chi connectivity index (χ3n) is 4.99. The van der Waals surface area contributed by atoms with Crippen LogP contribution in [0.1, 0.15) is 17.0 Å². The van der Waals surface area contributed by atoms with Crippen molar-refractivity contribution in [3.63, 3.8) is 0 Å². The molecule has 0 aliphatic heterocycles. The first-order valence-corrected chi connectivity index (χ1v) is 9.59. The number of hydrogen-bond acceptors (Lipinski definition) is 6. The molecular weight excluding hydrogens is 392 g/mol. The maximum absolute atomic E-state index is 13.3. The largest absolute Gasteiger partial charge is 0.339 e. The van der Waals surface area contributed by atoms with Crippen molar-refractivity contribution in [2.45, 2.75) is 13.5 Å². The normalized spacial score (nSPS) is 11.0. The monoisotopic (exact) mass is 408 g/mol. The van der Waals surface area contributed by atoms with E-state index in [0.29, 0.717) is 40.5 Å². The molecule has 0 aliphatic rings. The number of nitrogens with zero attached hydrogens (tertiary/aromatic N) is 6. The van der Waals surface area contributed by atoms with Gasteiger partial charge in [0.05, 0.1) is 23.5 Å². The smallest absolute Gasteiger partial charge is 0.281 e. The summed E-state index contributed by atoms with van der Waals surface area (Å²) in [6.45, 7) is 2.20. The summed E-state index contributed by atoms with van der Waals surface area (Å²) in [6, 6.07) is 18.6. The van der Waals surface area contributed by atoms with E-state index in [2.05, 4.69) is 21.2 Å². The van der Waals surface area contributed by atoms with Crippen LogP contribution in [0.5, 0.6) is 0 Å². The average Bonchev–Trinajstić information content (AvgIpc) is 3.41. The highest BCUT2D eigenvalue weighted by atomic mass is 16.5. The van der Waals surface area contributed by atoms with E-state index in [-0.39, 0.29) is 5.56 Å². The summed E-state index contributed by atoms with van der Waals surface area (Å²) >= 11 is 0. The van der Waals surface area contributed by atoms with E-state index in [1.165, 1.54) is 4.57 Å². The standard InChI is InChI=1S/C23H16N6O2/c1-15-26-22(27-31-15)18-6-2-5-17(10-18)13-28-14-25-20-8-9-29(23(30)21(20)28)19-7-3-4-16(11-19)12-24/h2-11,14H,13H2,1H3. The Morgan fingerprint density at radius 2 is 2.00 bits per heavy atom. The maximum Gasteiger partial charge on any atom is 0.281 e. The van der Waals surface area contributed by atoms with Gasteiger partial charge in [-0.15, -0.1) is 0 Å². The Morgan fingerprint density at radius 3 is 2.81 bits per heavy atom. The molecule has 0 aliphatic carbocycles. The summed E-state index contributed by atoms with van der Waals surface area (Å²) < 4.78 is 8.42. The molecule has 3 heterocycles. The van der Waals surface area contributed by atoms with Crippen LogP contribution in [0, 0.1) is 18.3 Å². The van der Waals surface area contributed by atoms with Crippen LogP contribution in [0.25, 0.3) is 28.1 Å². The summed E-state index contributed by atoms with van der Waals surface area (Å²) in [5.41, 5.74) is 3.84. The molecule has 31 heavy (non-hydrogen) atoms. The lowest BCUT2D eigenvalue weighted by Gasteiger charge is -2.09. The van der Waals surface area contributed by atoms with Gasteiger partial charge in [0.2, 0.25) is 11.7 Å². The van der Waals surface area contributed by atoms with Crippen molar-refractivity contribution in [3.05, 3.63) is 94.5 Å². The number of fused-ring (bicyclic) bond motifs is 1. The number of imidazole rings is 1. The molecule has 0 spiro atoms. The van der Waals surface area contributed by atoms with Crippen molar-refractivity contribution in [1.82, 2.24) is 24.3 Å². The zero-order valence-electron chi connectivity index (χ0n) is 16.6. The Balaban J connectivity index is 1.56. The van der Waals surface area contributed by atoms with Crippen LogP contribution in [0.15, 0.2) is 76.4 Å². The molecule has 0 bridgehead atoms. The van der Waals surface area contributed by atoms with Gasteiger partial charge in [0, 0.05) is 30.9 Å². The molecule has 2 aromatic carbocycles. The fourth-order valence-electron chi connectivity index (χ4n) is 3.55. The topological polar surface area (TPSA) is 103 Å². The fraction of sp³-hybridized carbons (Fsp3) is 0.0870. The third-order valence-corrected chi connectivity index (χ3v) is 4.99. The van der Waals surface area contributed by atoms with Crippen LogP contribution in [0.4, 0.5) is 0 Å². The Labute approximate surface area is 176 Å². The number of rotatable bonds is 4. The summed E-state index contributed by atoms with van der Waals surface area (Å²) in [7, 11) is 0. The van der Waals surface area contributed by atoms with Gasteiger partial charge in [0.25, 0.3) is 5.56 Å². The Bertz CT molecular complexity index is 1520. The van der Waals surface area contributed by atoms with E-state index in [0.717, 1.165) is 11.1 Å². The highest BCUT2D eigenvalue weighted by Crippen LogP contribution is 2.19. The maximum atomic E-state index is 13.3. The van der Waals surface area contributed by atoms with Crippen molar-refractivity contribution in [3.8, 4) is 23.1 Å². The third kappa shape index (κ3) is 3.38. The number of aryl methyl sites for hydroxylation is 1. The highest BCUT2D eigenvalue weighted by molar-refractivity contribution is 5.74. The SMILES string of the molecule is Cc1nc(-c2cccc(Cn3cnc4ccn(-c5cccc(C#N)c5)c(=O)c43)c2)no1. The van der Waals surface area contributed by atoms with Crippen molar-refractivity contribution >= 4 is 11.0 Å². The lowest BCUT2D eigenvalue weighted by Crippen LogP contribution is -2.20. The molecule has 8 nitrogen and oxygen atoms in total. The van der Waals surface area contributed by atoms with Crippen molar-refractivity contribution in [1.29, 1.82) is 5.26 Å². The molecule has 0 amide bonds.